The van der Waals surface area contributed by atoms with Gasteiger partial charge >= 0.3 is 0 Å². The average molecular weight is 430 g/mol. The zero-order valence-electron chi connectivity index (χ0n) is 14.0. The number of amides is 2. The average Bonchev–Trinajstić information content (AvgIpc) is 3.09. The van der Waals surface area contributed by atoms with Gasteiger partial charge < -0.3 is 5.32 Å². The number of nitrogens with one attached hydrogen (secondary N) is 2. The molecule has 0 unspecified atom stereocenters. The van der Waals surface area contributed by atoms with Crippen molar-refractivity contribution in [2.75, 3.05) is 5.32 Å². The maximum absolute atomic E-state index is 12.3. The molecular weight excluding hydrogens is 414 g/mol. The third-order valence-corrected chi connectivity index (χ3v) is 5.08. The van der Waals surface area contributed by atoms with Crippen LogP contribution >= 0.6 is 27.3 Å². The number of rotatable bonds is 5. The molecule has 0 fully saturated rings. The number of thiazole rings is 1. The highest BCUT2D eigenvalue weighted by molar-refractivity contribution is 9.10. The van der Waals surface area contributed by atoms with Gasteiger partial charge in [-0.15, -0.1) is 11.3 Å². The summed E-state index contributed by atoms with van der Waals surface area (Å²) < 4.78 is 0.740. The first-order valence-corrected chi connectivity index (χ1v) is 9.55. The zero-order valence-corrected chi connectivity index (χ0v) is 16.4. The standard InChI is InChI=1S/C19H16BrN3O2S/c1-12(24)21-10-13-6-8-14(9-7-13)17-11-26-19(22-17)23-18(25)15-4-2-3-5-16(15)20/h2-9,11H,10H2,1H3,(H,21,24)(H,22,23,25). The van der Waals surface area contributed by atoms with Crippen molar-refractivity contribution in [2.24, 2.45) is 0 Å². The van der Waals surface area contributed by atoms with Gasteiger partial charge in [0.15, 0.2) is 5.13 Å². The molecule has 1 aromatic heterocycles. The van der Waals surface area contributed by atoms with E-state index in [1.807, 2.05) is 47.8 Å². The summed E-state index contributed by atoms with van der Waals surface area (Å²) in [4.78, 5) is 27.8. The summed E-state index contributed by atoms with van der Waals surface area (Å²) >= 11 is 4.75. The molecule has 0 saturated carbocycles. The number of benzene rings is 2. The molecule has 0 aliphatic carbocycles. The Morgan fingerprint density at radius 3 is 2.54 bits per heavy atom. The Labute approximate surface area is 163 Å². The number of hydrogen-bond donors (Lipinski definition) is 2. The Bertz CT molecular complexity index is 938. The molecule has 0 bridgehead atoms. The van der Waals surface area contributed by atoms with Crippen LogP contribution in [0.5, 0.6) is 0 Å². The minimum absolute atomic E-state index is 0.0565. The maximum Gasteiger partial charge on any atom is 0.258 e. The number of carbonyl (C=O) groups excluding carboxylic acids is 2. The van der Waals surface area contributed by atoms with Crippen molar-refractivity contribution in [3.05, 3.63) is 69.5 Å². The van der Waals surface area contributed by atoms with E-state index in [1.165, 1.54) is 18.3 Å². The lowest BCUT2D eigenvalue weighted by atomic mass is 10.1. The summed E-state index contributed by atoms with van der Waals surface area (Å²) in [6.07, 6.45) is 0. The highest BCUT2D eigenvalue weighted by Crippen LogP contribution is 2.26. The van der Waals surface area contributed by atoms with Gasteiger partial charge in [-0.25, -0.2) is 4.98 Å². The lowest BCUT2D eigenvalue weighted by Crippen LogP contribution is -2.18. The van der Waals surface area contributed by atoms with Crippen LogP contribution in [0.1, 0.15) is 22.8 Å². The minimum atomic E-state index is -0.205. The fourth-order valence-electron chi connectivity index (χ4n) is 2.29. The van der Waals surface area contributed by atoms with Gasteiger partial charge in [-0.1, -0.05) is 36.4 Å². The van der Waals surface area contributed by atoms with E-state index in [-0.39, 0.29) is 11.8 Å². The Morgan fingerprint density at radius 2 is 1.85 bits per heavy atom. The van der Waals surface area contributed by atoms with Crippen LogP contribution < -0.4 is 10.6 Å². The molecule has 0 saturated heterocycles. The second-order valence-electron chi connectivity index (χ2n) is 5.58. The molecule has 3 rings (SSSR count). The summed E-state index contributed by atoms with van der Waals surface area (Å²) in [7, 11) is 0. The fraction of sp³-hybridized carbons (Fsp3) is 0.105. The van der Waals surface area contributed by atoms with Gasteiger partial charge in [0.1, 0.15) is 0 Å². The highest BCUT2D eigenvalue weighted by Gasteiger charge is 2.12. The summed E-state index contributed by atoms with van der Waals surface area (Å²) in [5, 5.41) is 8.03. The molecule has 2 aromatic carbocycles. The molecule has 26 heavy (non-hydrogen) atoms. The highest BCUT2D eigenvalue weighted by atomic mass is 79.9. The van der Waals surface area contributed by atoms with E-state index in [0.717, 1.165) is 21.3 Å². The van der Waals surface area contributed by atoms with E-state index >= 15 is 0 Å². The number of halogens is 1. The molecule has 3 aromatic rings. The van der Waals surface area contributed by atoms with Crippen LogP contribution in [-0.4, -0.2) is 16.8 Å². The molecule has 0 radical (unpaired) electrons. The molecule has 0 spiro atoms. The van der Waals surface area contributed by atoms with E-state index in [9.17, 15) is 9.59 Å². The first kappa shape index (κ1) is 18.3. The number of carbonyl (C=O) groups is 2. The Kier molecular flexibility index (Phi) is 5.80. The maximum atomic E-state index is 12.3. The smallest absolute Gasteiger partial charge is 0.258 e. The third kappa shape index (κ3) is 4.56. The van der Waals surface area contributed by atoms with E-state index in [2.05, 4.69) is 31.5 Å². The summed E-state index contributed by atoms with van der Waals surface area (Å²) in [6.45, 7) is 1.99. The number of aromatic nitrogens is 1. The molecule has 7 heteroatoms. The number of nitrogens with zero attached hydrogens (tertiary/aromatic N) is 1. The second kappa shape index (κ2) is 8.25. The Hall–Kier alpha value is -2.51. The van der Waals surface area contributed by atoms with Crippen molar-refractivity contribution in [1.82, 2.24) is 10.3 Å². The van der Waals surface area contributed by atoms with Crippen molar-refractivity contribution in [3.63, 3.8) is 0 Å². The quantitative estimate of drug-likeness (QED) is 0.628. The first-order chi connectivity index (χ1) is 12.5. The zero-order chi connectivity index (χ0) is 18.5. The summed E-state index contributed by atoms with van der Waals surface area (Å²) in [5.74, 6) is -0.261. The van der Waals surface area contributed by atoms with Gasteiger partial charge in [-0.05, 0) is 33.6 Å². The Morgan fingerprint density at radius 1 is 1.12 bits per heavy atom. The van der Waals surface area contributed by atoms with Gasteiger partial charge in [0.25, 0.3) is 5.91 Å². The van der Waals surface area contributed by atoms with E-state index in [0.29, 0.717) is 17.2 Å². The minimum Gasteiger partial charge on any atom is -0.352 e. The van der Waals surface area contributed by atoms with Gasteiger partial charge in [-0.3, -0.25) is 14.9 Å². The van der Waals surface area contributed by atoms with Crippen molar-refractivity contribution < 1.29 is 9.59 Å². The van der Waals surface area contributed by atoms with E-state index in [1.54, 1.807) is 6.07 Å². The van der Waals surface area contributed by atoms with Gasteiger partial charge in [0, 0.05) is 28.9 Å². The van der Waals surface area contributed by atoms with Crippen molar-refractivity contribution in [1.29, 1.82) is 0 Å². The molecule has 5 nitrogen and oxygen atoms in total. The Balaban J connectivity index is 1.69. The van der Waals surface area contributed by atoms with Crippen molar-refractivity contribution in [3.8, 4) is 11.3 Å². The van der Waals surface area contributed by atoms with Gasteiger partial charge in [-0.2, -0.15) is 0 Å². The largest absolute Gasteiger partial charge is 0.352 e. The monoisotopic (exact) mass is 429 g/mol. The molecule has 1 heterocycles. The van der Waals surface area contributed by atoms with Gasteiger partial charge in [0.05, 0.1) is 11.3 Å². The third-order valence-electron chi connectivity index (χ3n) is 3.63. The summed E-state index contributed by atoms with van der Waals surface area (Å²) in [5.41, 5.74) is 3.32. The van der Waals surface area contributed by atoms with Crippen LogP contribution in [0.4, 0.5) is 5.13 Å². The predicted octanol–water partition coefficient (Wildman–Crippen LogP) is 4.46. The predicted molar refractivity (Wildman–Crippen MR) is 107 cm³/mol. The van der Waals surface area contributed by atoms with Gasteiger partial charge in [0.2, 0.25) is 5.91 Å². The van der Waals surface area contributed by atoms with Crippen LogP contribution in [0.15, 0.2) is 58.4 Å². The van der Waals surface area contributed by atoms with E-state index < -0.39 is 0 Å². The summed E-state index contributed by atoms with van der Waals surface area (Å²) in [6, 6.07) is 15.0. The molecule has 2 N–H and O–H groups in total. The SMILES string of the molecule is CC(=O)NCc1ccc(-c2csc(NC(=O)c3ccccc3Br)n2)cc1. The first-order valence-electron chi connectivity index (χ1n) is 7.88. The van der Waals surface area contributed by atoms with Crippen LogP contribution in [0, 0.1) is 0 Å². The van der Waals surface area contributed by atoms with Crippen molar-refractivity contribution in [2.45, 2.75) is 13.5 Å². The van der Waals surface area contributed by atoms with Crippen LogP contribution in [0.25, 0.3) is 11.3 Å². The molecule has 0 aliphatic rings. The molecule has 0 aliphatic heterocycles. The van der Waals surface area contributed by atoms with E-state index in [4.69, 9.17) is 0 Å². The molecule has 0 atom stereocenters. The fourth-order valence-corrected chi connectivity index (χ4v) is 3.47. The topological polar surface area (TPSA) is 71.1 Å². The molecular formula is C19H16BrN3O2S. The van der Waals surface area contributed by atoms with Crippen LogP contribution in [-0.2, 0) is 11.3 Å². The number of hydrogen-bond acceptors (Lipinski definition) is 4. The molecule has 2 amide bonds. The van der Waals surface area contributed by atoms with Crippen LogP contribution in [0.3, 0.4) is 0 Å². The van der Waals surface area contributed by atoms with Crippen molar-refractivity contribution >= 4 is 44.2 Å². The number of anilines is 1. The molecule has 132 valence electrons. The lowest BCUT2D eigenvalue weighted by Gasteiger charge is -2.04. The second-order valence-corrected chi connectivity index (χ2v) is 7.29. The normalized spacial score (nSPS) is 10.4. The lowest BCUT2D eigenvalue weighted by molar-refractivity contribution is -0.119. The van der Waals surface area contributed by atoms with Crippen LogP contribution in [0.2, 0.25) is 0 Å².